The van der Waals surface area contributed by atoms with Gasteiger partial charge in [-0.1, -0.05) is 69.2 Å². The molecule has 1 aromatic heterocycles. The van der Waals surface area contributed by atoms with E-state index in [1.807, 2.05) is 44.7 Å². The molecule has 1 aliphatic carbocycles. The number of amides is 1. The Morgan fingerprint density at radius 2 is 1.70 bits per heavy atom. The summed E-state index contributed by atoms with van der Waals surface area (Å²) in [5.74, 6) is 2.47. The minimum absolute atomic E-state index is 0.139. The van der Waals surface area contributed by atoms with Crippen molar-refractivity contribution in [2.24, 2.45) is 4.99 Å². The molecule has 0 unspecified atom stereocenters. The minimum atomic E-state index is -0.599. The van der Waals surface area contributed by atoms with E-state index in [4.69, 9.17) is 19.0 Å². The van der Waals surface area contributed by atoms with Crippen LogP contribution in [0.3, 0.4) is 0 Å². The molecule has 0 N–H and O–H groups in total. The molecule has 4 aromatic rings. The Labute approximate surface area is 272 Å². The van der Waals surface area contributed by atoms with E-state index in [1.165, 1.54) is 29.5 Å². The number of aromatic nitrogens is 2. The van der Waals surface area contributed by atoms with E-state index in [0.29, 0.717) is 24.2 Å². The van der Waals surface area contributed by atoms with E-state index in [2.05, 4.69) is 80.3 Å². The number of aliphatic imine (C=N–C) groups is 1. The topological polar surface area (TPSA) is 90.0 Å². The molecule has 0 bridgehead atoms. The molecule has 1 amide bonds. The average molecular weight is 623 g/mol. The molecule has 8 nitrogen and oxygen atoms in total. The van der Waals surface area contributed by atoms with Crippen LogP contribution in [0.4, 0.5) is 4.79 Å². The van der Waals surface area contributed by atoms with Crippen LogP contribution >= 0.6 is 0 Å². The van der Waals surface area contributed by atoms with E-state index < -0.39 is 11.7 Å². The van der Waals surface area contributed by atoms with Gasteiger partial charge in [-0.05, 0) is 110 Å². The number of carbonyl (C=O) groups excluding carboxylic acids is 1. The summed E-state index contributed by atoms with van der Waals surface area (Å²) in [6, 6.07) is 19.1. The summed E-state index contributed by atoms with van der Waals surface area (Å²) in [4.78, 5) is 23.2. The zero-order valence-electron chi connectivity index (χ0n) is 28.4. The normalized spacial score (nSPS) is 19.3. The van der Waals surface area contributed by atoms with Crippen molar-refractivity contribution in [2.45, 2.75) is 110 Å². The maximum Gasteiger partial charge on any atom is 0.435 e. The van der Waals surface area contributed by atoms with Gasteiger partial charge in [-0.2, -0.15) is 9.98 Å². The number of hydrogen-bond acceptors (Lipinski definition) is 6. The molecule has 0 spiro atoms. The van der Waals surface area contributed by atoms with Gasteiger partial charge in [-0.15, -0.1) is 0 Å². The molecule has 1 fully saturated rings. The maximum atomic E-state index is 12.3. The third-order valence-corrected chi connectivity index (χ3v) is 9.43. The number of hydrogen-bond donors (Lipinski definition) is 0. The van der Waals surface area contributed by atoms with Gasteiger partial charge in [-0.25, -0.2) is 4.79 Å². The quantitative estimate of drug-likeness (QED) is 0.162. The molecule has 8 heteroatoms. The Morgan fingerprint density at radius 1 is 0.978 bits per heavy atom. The molecule has 0 radical (unpaired) electrons. The van der Waals surface area contributed by atoms with Crippen molar-refractivity contribution in [1.82, 2.24) is 15.0 Å². The SMILES string of the molecule is CC(=NC(=O)OC(C)(C)C)N1CCC[C@H]1c1nc(-c2ccc3cc(OCc4ccc5c(c4)C(C)(C)CCC5(C)C)ccc3c2)no1. The Hall–Kier alpha value is -4.20. The number of fused-ring (bicyclic) bond motifs is 2. The van der Waals surface area contributed by atoms with Crippen LogP contribution in [0.5, 0.6) is 5.75 Å². The molecule has 1 aliphatic heterocycles. The lowest BCUT2D eigenvalue weighted by Gasteiger charge is -2.42. The molecule has 0 saturated carbocycles. The van der Waals surface area contributed by atoms with Gasteiger partial charge >= 0.3 is 6.09 Å². The van der Waals surface area contributed by atoms with Crippen molar-refractivity contribution >= 4 is 22.7 Å². The standard InChI is InChI=1S/C38H46N4O4/c1-24(39-35(43)45-36(2,3)4)42-19-9-10-32(42)34-40-33(41-46-34)28-13-12-27-22-29(15-14-26(27)21-28)44-23-25-11-16-30-31(20-25)38(7,8)18-17-37(30,5)6/h11-16,20-22,32H,9-10,17-19,23H2,1-8H3/t32-/m0/s1. The first-order valence-electron chi connectivity index (χ1n) is 16.4. The third-order valence-electron chi connectivity index (χ3n) is 9.43. The third kappa shape index (κ3) is 6.67. The van der Waals surface area contributed by atoms with Crippen LogP contribution in [-0.2, 0) is 22.2 Å². The fraction of sp³-hybridized carbons (Fsp3) is 0.474. The largest absolute Gasteiger partial charge is 0.489 e. The molecule has 3 aromatic carbocycles. The summed E-state index contributed by atoms with van der Waals surface area (Å²) >= 11 is 0. The highest BCUT2D eigenvalue weighted by Crippen LogP contribution is 2.46. The minimum Gasteiger partial charge on any atom is -0.489 e. The molecule has 46 heavy (non-hydrogen) atoms. The van der Waals surface area contributed by atoms with E-state index in [1.54, 1.807) is 0 Å². The van der Waals surface area contributed by atoms with Gasteiger partial charge in [0.2, 0.25) is 11.7 Å². The summed E-state index contributed by atoms with van der Waals surface area (Å²) in [7, 11) is 0. The number of ether oxygens (including phenoxy) is 2. The summed E-state index contributed by atoms with van der Waals surface area (Å²) in [5, 5.41) is 6.45. The number of benzene rings is 3. The van der Waals surface area contributed by atoms with Gasteiger partial charge in [0.15, 0.2) is 0 Å². The van der Waals surface area contributed by atoms with Crippen LogP contribution < -0.4 is 4.74 Å². The van der Waals surface area contributed by atoms with Gasteiger partial charge in [0.05, 0.1) is 0 Å². The van der Waals surface area contributed by atoms with Crippen molar-refractivity contribution < 1.29 is 18.8 Å². The Bertz CT molecular complexity index is 1800. The van der Waals surface area contributed by atoms with E-state index in [0.717, 1.165) is 41.5 Å². The Morgan fingerprint density at radius 3 is 2.46 bits per heavy atom. The van der Waals surface area contributed by atoms with Crippen molar-refractivity contribution in [3.8, 4) is 17.1 Å². The second kappa shape index (κ2) is 11.9. The number of likely N-dealkylation sites (tertiary alicyclic amines) is 1. The summed E-state index contributed by atoms with van der Waals surface area (Å²) in [6.45, 7) is 18.0. The summed E-state index contributed by atoms with van der Waals surface area (Å²) in [6.07, 6.45) is 3.58. The van der Waals surface area contributed by atoms with Gasteiger partial charge in [0.25, 0.3) is 0 Å². The summed E-state index contributed by atoms with van der Waals surface area (Å²) < 4.78 is 17.4. The zero-order chi connectivity index (χ0) is 32.9. The van der Waals surface area contributed by atoms with Gasteiger partial charge in [0, 0.05) is 12.1 Å². The highest BCUT2D eigenvalue weighted by atomic mass is 16.6. The first-order chi connectivity index (χ1) is 21.7. The average Bonchev–Trinajstić information content (AvgIpc) is 3.67. The lowest BCUT2D eigenvalue weighted by Crippen LogP contribution is -2.33. The van der Waals surface area contributed by atoms with Crippen molar-refractivity contribution in [2.75, 3.05) is 6.54 Å². The highest BCUT2D eigenvalue weighted by Gasteiger charge is 2.37. The maximum absolute atomic E-state index is 12.3. The first kappa shape index (κ1) is 31.8. The zero-order valence-corrected chi connectivity index (χ0v) is 28.4. The fourth-order valence-electron chi connectivity index (χ4n) is 6.72. The van der Waals surface area contributed by atoms with Crippen LogP contribution in [0.1, 0.15) is 110 Å². The number of carbonyl (C=O) groups is 1. The first-order valence-corrected chi connectivity index (χ1v) is 16.4. The molecule has 2 aliphatic rings. The predicted molar refractivity (Wildman–Crippen MR) is 181 cm³/mol. The smallest absolute Gasteiger partial charge is 0.435 e. The molecule has 6 rings (SSSR count). The van der Waals surface area contributed by atoms with Crippen molar-refractivity contribution in [1.29, 1.82) is 0 Å². The Balaban J connectivity index is 1.14. The predicted octanol–water partition coefficient (Wildman–Crippen LogP) is 9.31. The Kier molecular flexibility index (Phi) is 8.20. The van der Waals surface area contributed by atoms with Crippen LogP contribution in [0.15, 0.2) is 64.1 Å². The van der Waals surface area contributed by atoms with Gasteiger partial charge in [0.1, 0.15) is 29.8 Å². The van der Waals surface area contributed by atoms with E-state index in [9.17, 15) is 4.79 Å². The number of rotatable bonds is 5. The lowest BCUT2D eigenvalue weighted by atomic mass is 9.63. The van der Waals surface area contributed by atoms with Crippen LogP contribution in [-0.4, -0.2) is 39.1 Å². The molecule has 2 heterocycles. The second-order valence-corrected chi connectivity index (χ2v) is 15.1. The van der Waals surface area contributed by atoms with Crippen molar-refractivity contribution in [3.05, 3.63) is 77.2 Å². The van der Waals surface area contributed by atoms with E-state index in [-0.39, 0.29) is 16.9 Å². The fourth-order valence-corrected chi connectivity index (χ4v) is 6.72. The number of nitrogens with zero attached hydrogens (tertiary/aromatic N) is 4. The van der Waals surface area contributed by atoms with Crippen LogP contribution in [0.2, 0.25) is 0 Å². The van der Waals surface area contributed by atoms with Crippen LogP contribution in [0.25, 0.3) is 22.2 Å². The lowest BCUT2D eigenvalue weighted by molar-refractivity contribution is 0.0601. The molecule has 1 saturated heterocycles. The van der Waals surface area contributed by atoms with Crippen LogP contribution in [0, 0.1) is 0 Å². The highest BCUT2D eigenvalue weighted by molar-refractivity contribution is 5.90. The monoisotopic (exact) mass is 622 g/mol. The number of amidine groups is 1. The molecular weight excluding hydrogens is 576 g/mol. The van der Waals surface area contributed by atoms with Crippen molar-refractivity contribution in [3.63, 3.8) is 0 Å². The van der Waals surface area contributed by atoms with Gasteiger partial charge < -0.3 is 18.9 Å². The van der Waals surface area contributed by atoms with E-state index >= 15 is 0 Å². The summed E-state index contributed by atoms with van der Waals surface area (Å²) in [5.41, 5.74) is 4.76. The molecule has 1 atom stereocenters. The molecule has 242 valence electrons. The second-order valence-electron chi connectivity index (χ2n) is 15.1. The molecular formula is C38H46N4O4. The van der Waals surface area contributed by atoms with Gasteiger partial charge in [-0.3, -0.25) is 0 Å².